The number of hydrogen-bond donors (Lipinski definition) is 1. The first-order valence-electron chi connectivity index (χ1n) is 7.87. The van der Waals surface area contributed by atoms with Crippen LogP contribution in [0.25, 0.3) is 0 Å². The summed E-state index contributed by atoms with van der Waals surface area (Å²) in [5.74, 6) is -0.866. The minimum Gasteiger partial charge on any atom is -0.338 e. The van der Waals surface area contributed by atoms with Gasteiger partial charge in [0, 0.05) is 44.2 Å². The molecule has 0 fully saturated rings. The van der Waals surface area contributed by atoms with Gasteiger partial charge in [0.15, 0.2) is 0 Å². The van der Waals surface area contributed by atoms with Gasteiger partial charge < -0.3 is 4.90 Å². The Bertz CT molecular complexity index is 939. The monoisotopic (exact) mass is 398 g/mol. The highest BCUT2D eigenvalue weighted by Crippen LogP contribution is 2.19. The molecule has 0 unspecified atom stereocenters. The minimum atomic E-state index is -3.87. The van der Waals surface area contributed by atoms with Crippen LogP contribution in [0.2, 0.25) is 5.02 Å². The SMILES string of the molecule is O=C(CCNS(=O)(=O)c1ccc(F)c(Cl)c1)N1CCc2ncncc2C1. The van der Waals surface area contributed by atoms with E-state index in [2.05, 4.69) is 14.7 Å². The van der Waals surface area contributed by atoms with E-state index in [1.54, 1.807) is 11.1 Å². The summed E-state index contributed by atoms with van der Waals surface area (Å²) in [4.78, 5) is 21.9. The Morgan fingerprint density at radius 3 is 2.96 bits per heavy atom. The number of aromatic nitrogens is 2. The molecule has 1 amide bonds. The molecule has 2 aromatic rings. The maximum atomic E-state index is 13.1. The normalized spacial score (nSPS) is 14.2. The van der Waals surface area contributed by atoms with Crippen LogP contribution in [0, 0.1) is 5.82 Å². The molecule has 0 saturated carbocycles. The summed E-state index contributed by atoms with van der Waals surface area (Å²) < 4.78 is 39.8. The summed E-state index contributed by atoms with van der Waals surface area (Å²) in [5, 5.41) is -0.279. The van der Waals surface area contributed by atoms with E-state index in [4.69, 9.17) is 11.6 Å². The zero-order valence-corrected chi connectivity index (χ0v) is 15.2. The third-order valence-electron chi connectivity index (χ3n) is 4.05. The van der Waals surface area contributed by atoms with Crippen LogP contribution in [0.4, 0.5) is 4.39 Å². The van der Waals surface area contributed by atoms with E-state index >= 15 is 0 Å². The molecule has 0 spiro atoms. The van der Waals surface area contributed by atoms with Gasteiger partial charge in [-0.3, -0.25) is 4.79 Å². The Morgan fingerprint density at radius 1 is 1.38 bits per heavy atom. The molecule has 0 atom stereocenters. The van der Waals surface area contributed by atoms with Crippen LogP contribution < -0.4 is 4.72 Å². The Balaban J connectivity index is 1.56. The lowest BCUT2D eigenvalue weighted by Gasteiger charge is -2.27. The molecule has 2 heterocycles. The number of fused-ring (bicyclic) bond motifs is 1. The Labute approximate surface area is 155 Å². The molecule has 1 aliphatic heterocycles. The lowest BCUT2D eigenvalue weighted by molar-refractivity contribution is -0.131. The van der Waals surface area contributed by atoms with Crippen molar-refractivity contribution in [1.29, 1.82) is 0 Å². The van der Waals surface area contributed by atoms with Crippen molar-refractivity contribution in [1.82, 2.24) is 19.6 Å². The number of carbonyl (C=O) groups excluding carboxylic acids is 1. The van der Waals surface area contributed by atoms with Gasteiger partial charge in [0.2, 0.25) is 15.9 Å². The van der Waals surface area contributed by atoms with E-state index in [9.17, 15) is 17.6 Å². The third kappa shape index (κ3) is 4.17. The Kier molecular flexibility index (Phi) is 5.49. The fraction of sp³-hybridized carbons (Fsp3) is 0.312. The maximum Gasteiger partial charge on any atom is 0.240 e. The van der Waals surface area contributed by atoms with Gasteiger partial charge in [-0.15, -0.1) is 0 Å². The van der Waals surface area contributed by atoms with E-state index in [0.29, 0.717) is 19.5 Å². The highest BCUT2D eigenvalue weighted by molar-refractivity contribution is 7.89. The van der Waals surface area contributed by atoms with Crippen molar-refractivity contribution in [2.75, 3.05) is 13.1 Å². The first-order chi connectivity index (χ1) is 12.4. The zero-order chi connectivity index (χ0) is 18.7. The van der Waals surface area contributed by atoms with Gasteiger partial charge in [0.25, 0.3) is 0 Å². The molecule has 3 rings (SSSR count). The third-order valence-corrected chi connectivity index (χ3v) is 5.79. The van der Waals surface area contributed by atoms with Crippen molar-refractivity contribution >= 4 is 27.5 Å². The average molecular weight is 399 g/mol. The summed E-state index contributed by atoms with van der Waals surface area (Å²) in [6.45, 7) is 0.878. The molecule has 0 aliphatic carbocycles. The first-order valence-corrected chi connectivity index (χ1v) is 9.73. The van der Waals surface area contributed by atoms with E-state index in [1.165, 1.54) is 6.33 Å². The van der Waals surface area contributed by atoms with Crippen molar-refractivity contribution in [2.45, 2.75) is 24.3 Å². The number of rotatable bonds is 5. The molecule has 26 heavy (non-hydrogen) atoms. The smallest absolute Gasteiger partial charge is 0.240 e. The van der Waals surface area contributed by atoms with Crippen molar-refractivity contribution in [3.8, 4) is 0 Å². The number of nitrogens with one attached hydrogen (secondary N) is 1. The summed E-state index contributed by atoms with van der Waals surface area (Å²) in [7, 11) is -3.87. The maximum absolute atomic E-state index is 13.1. The number of hydrogen-bond acceptors (Lipinski definition) is 5. The molecule has 1 aromatic carbocycles. The Morgan fingerprint density at radius 2 is 2.19 bits per heavy atom. The van der Waals surface area contributed by atoms with Crippen molar-refractivity contribution < 1.29 is 17.6 Å². The van der Waals surface area contributed by atoms with E-state index in [-0.39, 0.29) is 28.8 Å². The van der Waals surface area contributed by atoms with Crippen LogP contribution in [0.1, 0.15) is 17.7 Å². The number of carbonyl (C=O) groups is 1. The topological polar surface area (TPSA) is 92.3 Å². The second-order valence-electron chi connectivity index (χ2n) is 5.78. The molecule has 138 valence electrons. The van der Waals surface area contributed by atoms with E-state index in [1.807, 2.05) is 0 Å². The van der Waals surface area contributed by atoms with Crippen LogP contribution in [0.15, 0.2) is 35.6 Å². The standard InChI is InChI=1S/C16H16ClFN4O3S/c17-13-7-12(1-2-14(13)18)26(24,25)21-5-3-16(23)22-6-4-15-11(9-22)8-19-10-20-15/h1-2,7-8,10,21H,3-6,9H2. The van der Waals surface area contributed by atoms with E-state index < -0.39 is 15.8 Å². The second-order valence-corrected chi connectivity index (χ2v) is 7.96. The minimum absolute atomic E-state index is 0.0111. The Hall–Kier alpha value is -2.10. The molecule has 0 saturated heterocycles. The van der Waals surface area contributed by atoms with Gasteiger partial charge in [0.1, 0.15) is 12.1 Å². The summed E-state index contributed by atoms with van der Waals surface area (Å²) in [6, 6.07) is 3.13. The molecule has 0 bridgehead atoms. The summed E-state index contributed by atoms with van der Waals surface area (Å²) >= 11 is 5.61. The van der Waals surface area contributed by atoms with Crippen LogP contribution in [0.5, 0.6) is 0 Å². The van der Waals surface area contributed by atoms with Gasteiger partial charge >= 0.3 is 0 Å². The molecule has 0 radical (unpaired) electrons. The van der Waals surface area contributed by atoms with Crippen molar-refractivity contribution in [3.05, 3.63) is 52.8 Å². The second kappa shape index (κ2) is 7.65. The molecule has 1 N–H and O–H groups in total. The van der Waals surface area contributed by atoms with Crippen LogP contribution in [0.3, 0.4) is 0 Å². The fourth-order valence-electron chi connectivity index (χ4n) is 2.66. The number of sulfonamides is 1. The average Bonchev–Trinajstić information content (AvgIpc) is 2.63. The number of nitrogens with zero attached hydrogens (tertiary/aromatic N) is 3. The predicted octanol–water partition coefficient (Wildman–Crippen LogP) is 1.52. The molecular weight excluding hydrogens is 383 g/mol. The van der Waals surface area contributed by atoms with Crippen LogP contribution in [-0.4, -0.2) is 42.3 Å². The number of amides is 1. The van der Waals surface area contributed by atoms with E-state index in [0.717, 1.165) is 29.5 Å². The van der Waals surface area contributed by atoms with Gasteiger partial charge in [0.05, 0.1) is 15.6 Å². The van der Waals surface area contributed by atoms with Gasteiger partial charge in [-0.2, -0.15) is 0 Å². The molecule has 1 aromatic heterocycles. The first kappa shape index (κ1) is 18.7. The molecule has 1 aliphatic rings. The van der Waals surface area contributed by atoms with Crippen LogP contribution in [-0.2, 0) is 27.8 Å². The summed E-state index contributed by atoms with van der Waals surface area (Å²) in [5.41, 5.74) is 1.83. The molecule has 10 heteroatoms. The van der Waals surface area contributed by atoms with Crippen molar-refractivity contribution in [3.63, 3.8) is 0 Å². The molecular formula is C16H16ClFN4O3S. The highest BCUT2D eigenvalue weighted by atomic mass is 35.5. The quantitative estimate of drug-likeness (QED) is 0.824. The number of benzene rings is 1. The van der Waals surface area contributed by atoms with Crippen LogP contribution >= 0.6 is 11.6 Å². The predicted molar refractivity (Wildman–Crippen MR) is 92.4 cm³/mol. The van der Waals surface area contributed by atoms with Gasteiger partial charge in [-0.1, -0.05) is 11.6 Å². The van der Waals surface area contributed by atoms with Gasteiger partial charge in [-0.05, 0) is 18.2 Å². The lowest BCUT2D eigenvalue weighted by Crippen LogP contribution is -2.38. The fourth-order valence-corrected chi connectivity index (χ4v) is 3.96. The zero-order valence-electron chi connectivity index (χ0n) is 13.7. The molecule has 7 nitrogen and oxygen atoms in total. The van der Waals surface area contributed by atoms with Gasteiger partial charge in [-0.25, -0.2) is 27.5 Å². The summed E-state index contributed by atoms with van der Waals surface area (Å²) in [6.07, 6.45) is 3.82. The lowest BCUT2D eigenvalue weighted by atomic mass is 10.1. The highest BCUT2D eigenvalue weighted by Gasteiger charge is 2.22. The number of halogens is 2. The van der Waals surface area contributed by atoms with Crippen molar-refractivity contribution in [2.24, 2.45) is 0 Å². The largest absolute Gasteiger partial charge is 0.338 e.